The van der Waals surface area contributed by atoms with Gasteiger partial charge in [-0.25, -0.2) is 8.42 Å². The third kappa shape index (κ3) is 3.49. The maximum Gasteiger partial charge on any atom is 0.204 e. The van der Waals surface area contributed by atoms with Crippen molar-refractivity contribution in [2.75, 3.05) is 11.5 Å². The van der Waals surface area contributed by atoms with E-state index in [0.717, 1.165) is 17.0 Å². The van der Waals surface area contributed by atoms with Crippen LogP contribution in [0.1, 0.15) is 34.2 Å². The molecule has 1 fully saturated rings. The summed E-state index contributed by atoms with van der Waals surface area (Å²) in [6.45, 7) is 3.73. The van der Waals surface area contributed by atoms with Gasteiger partial charge in [0.05, 0.1) is 11.5 Å². The Kier molecular flexibility index (Phi) is 4.62. The molecular weight excluding hydrogens is 378 g/mol. The lowest BCUT2D eigenvalue weighted by Crippen LogP contribution is -2.16. The van der Waals surface area contributed by atoms with E-state index in [1.165, 1.54) is 4.80 Å². The van der Waals surface area contributed by atoms with Gasteiger partial charge in [-0.05, 0) is 31.5 Å². The number of sulfone groups is 1. The van der Waals surface area contributed by atoms with E-state index in [2.05, 4.69) is 15.4 Å². The number of ketones is 1. The van der Waals surface area contributed by atoms with Gasteiger partial charge in [0.1, 0.15) is 6.54 Å². The van der Waals surface area contributed by atoms with E-state index in [9.17, 15) is 13.2 Å². The van der Waals surface area contributed by atoms with E-state index < -0.39 is 9.84 Å². The largest absolute Gasteiger partial charge is 0.344 e. The van der Waals surface area contributed by atoms with Crippen LogP contribution in [0.4, 0.5) is 0 Å². The van der Waals surface area contributed by atoms with Crippen LogP contribution in [-0.2, 0) is 16.4 Å². The van der Waals surface area contributed by atoms with Crippen LogP contribution in [0.3, 0.4) is 0 Å². The second-order valence-corrected chi connectivity index (χ2v) is 9.37. The quantitative estimate of drug-likeness (QED) is 0.609. The lowest BCUT2D eigenvalue weighted by Gasteiger charge is -2.16. The minimum Gasteiger partial charge on any atom is -0.344 e. The van der Waals surface area contributed by atoms with E-state index in [1.807, 2.05) is 54.8 Å². The van der Waals surface area contributed by atoms with Gasteiger partial charge in [-0.1, -0.05) is 30.3 Å². The van der Waals surface area contributed by atoms with Crippen molar-refractivity contribution in [3.05, 3.63) is 53.3 Å². The molecule has 1 aromatic carbocycles. The molecule has 28 heavy (non-hydrogen) atoms. The molecule has 1 saturated heterocycles. The average Bonchev–Trinajstić information content (AvgIpc) is 3.33. The minimum absolute atomic E-state index is 0.0207. The van der Waals surface area contributed by atoms with Crippen LogP contribution in [0.15, 0.2) is 36.4 Å². The molecule has 0 bridgehead atoms. The first-order chi connectivity index (χ1) is 13.3. The Balaban J connectivity index is 1.55. The molecule has 1 aliphatic heterocycles. The Morgan fingerprint density at radius 2 is 1.96 bits per heavy atom. The molecule has 1 unspecified atom stereocenters. The van der Waals surface area contributed by atoms with Gasteiger partial charge < -0.3 is 4.57 Å². The zero-order valence-electron chi connectivity index (χ0n) is 15.7. The molecule has 8 nitrogen and oxygen atoms in total. The smallest absolute Gasteiger partial charge is 0.204 e. The van der Waals surface area contributed by atoms with Crippen LogP contribution in [0.5, 0.6) is 0 Å². The fourth-order valence-electron chi connectivity index (χ4n) is 3.83. The second-order valence-electron chi connectivity index (χ2n) is 7.14. The Labute approximate surface area is 163 Å². The third-order valence-electron chi connectivity index (χ3n) is 5.13. The molecule has 0 radical (unpaired) electrons. The molecule has 0 spiro atoms. The number of aromatic nitrogens is 5. The van der Waals surface area contributed by atoms with Gasteiger partial charge in [0.2, 0.25) is 5.82 Å². The van der Waals surface area contributed by atoms with Crippen molar-refractivity contribution in [3.63, 3.8) is 0 Å². The van der Waals surface area contributed by atoms with Crippen LogP contribution in [0.25, 0.3) is 11.4 Å². The van der Waals surface area contributed by atoms with Crippen LogP contribution in [-0.4, -0.2) is 50.5 Å². The third-order valence-corrected chi connectivity index (χ3v) is 6.88. The Hall–Kier alpha value is -2.81. The molecule has 1 atom stereocenters. The lowest BCUT2D eigenvalue weighted by molar-refractivity contribution is 0.0960. The lowest BCUT2D eigenvalue weighted by atomic mass is 10.1. The summed E-state index contributed by atoms with van der Waals surface area (Å²) in [7, 11) is -3.00. The monoisotopic (exact) mass is 399 g/mol. The summed E-state index contributed by atoms with van der Waals surface area (Å²) in [6.07, 6.45) is 0.581. The number of carbonyl (C=O) groups is 1. The minimum atomic E-state index is -3.00. The van der Waals surface area contributed by atoms with Gasteiger partial charge in [0.15, 0.2) is 15.6 Å². The average molecular weight is 399 g/mol. The number of aryl methyl sites for hydroxylation is 1. The predicted molar refractivity (Wildman–Crippen MR) is 104 cm³/mol. The molecule has 2 aromatic heterocycles. The summed E-state index contributed by atoms with van der Waals surface area (Å²) in [5.41, 5.74) is 3.08. The first-order valence-corrected chi connectivity index (χ1v) is 10.9. The van der Waals surface area contributed by atoms with E-state index >= 15 is 0 Å². The number of rotatable bonds is 5. The highest BCUT2D eigenvalue weighted by molar-refractivity contribution is 7.91. The molecular formula is C19H21N5O3S. The molecule has 146 valence electrons. The number of benzene rings is 1. The van der Waals surface area contributed by atoms with Gasteiger partial charge in [-0.2, -0.15) is 4.80 Å². The highest BCUT2D eigenvalue weighted by Crippen LogP contribution is 2.29. The molecule has 3 aromatic rings. The molecule has 4 rings (SSSR count). The van der Waals surface area contributed by atoms with Crippen molar-refractivity contribution in [2.45, 2.75) is 32.9 Å². The SMILES string of the molecule is Cc1cc(C(=O)Cn2nnc(-c3ccccc3)n2)c(C)n1C1CCS(=O)(=O)C1. The zero-order valence-corrected chi connectivity index (χ0v) is 16.6. The fourth-order valence-corrected chi connectivity index (χ4v) is 5.53. The Bertz CT molecular complexity index is 1130. The molecule has 3 heterocycles. The van der Waals surface area contributed by atoms with Gasteiger partial charge >= 0.3 is 0 Å². The molecule has 0 N–H and O–H groups in total. The van der Waals surface area contributed by atoms with Crippen molar-refractivity contribution < 1.29 is 13.2 Å². The summed E-state index contributed by atoms with van der Waals surface area (Å²) < 4.78 is 25.6. The van der Waals surface area contributed by atoms with E-state index in [1.54, 1.807) is 0 Å². The van der Waals surface area contributed by atoms with Crippen molar-refractivity contribution in [3.8, 4) is 11.4 Å². The summed E-state index contributed by atoms with van der Waals surface area (Å²) in [6, 6.07) is 11.2. The fraction of sp³-hybridized carbons (Fsp3) is 0.368. The molecule has 1 aliphatic rings. The van der Waals surface area contributed by atoms with Crippen LogP contribution in [0, 0.1) is 13.8 Å². The first-order valence-electron chi connectivity index (χ1n) is 9.09. The topological polar surface area (TPSA) is 99.7 Å². The predicted octanol–water partition coefficient (Wildman–Crippen LogP) is 2.00. The summed E-state index contributed by atoms with van der Waals surface area (Å²) >= 11 is 0. The van der Waals surface area contributed by atoms with E-state index in [0.29, 0.717) is 17.8 Å². The van der Waals surface area contributed by atoms with E-state index in [-0.39, 0.29) is 29.9 Å². The van der Waals surface area contributed by atoms with Gasteiger partial charge in [0, 0.05) is 28.6 Å². The Morgan fingerprint density at radius 3 is 2.64 bits per heavy atom. The van der Waals surface area contributed by atoms with Crippen molar-refractivity contribution in [1.82, 2.24) is 24.8 Å². The highest BCUT2D eigenvalue weighted by Gasteiger charge is 2.31. The zero-order chi connectivity index (χ0) is 19.9. The second kappa shape index (κ2) is 6.97. The van der Waals surface area contributed by atoms with Crippen LogP contribution >= 0.6 is 0 Å². The Morgan fingerprint density at radius 1 is 1.21 bits per heavy atom. The normalized spacial score (nSPS) is 18.4. The van der Waals surface area contributed by atoms with Gasteiger partial charge in [0.25, 0.3) is 0 Å². The number of carbonyl (C=O) groups excluding carboxylic acids is 1. The number of hydrogen-bond donors (Lipinski definition) is 0. The summed E-state index contributed by atoms with van der Waals surface area (Å²) in [5.74, 6) is 0.665. The van der Waals surface area contributed by atoms with Gasteiger partial charge in [-0.3, -0.25) is 4.79 Å². The maximum absolute atomic E-state index is 12.8. The van der Waals surface area contributed by atoms with Crippen molar-refractivity contribution in [1.29, 1.82) is 0 Å². The number of nitrogens with zero attached hydrogens (tertiary/aromatic N) is 5. The van der Waals surface area contributed by atoms with Gasteiger partial charge in [-0.15, -0.1) is 10.2 Å². The summed E-state index contributed by atoms with van der Waals surface area (Å²) in [5, 5.41) is 12.3. The van der Waals surface area contributed by atoms with E-state index in [4.69, 9.17) is 0 Å². The van der Waals surface area contributed by atoms with Crippen LogP contribution < -0.4 is 0 Å². The molecule has 0 saturated carbocycles. The number of Topliss-reactive ketones (excluding diaryl/α,β-unsaturated/α-hetero) is 1. The van der Waals surface area contributed by atoms with Crippen molar-refractivity contribution >= 4 is 15.6 Å². The molecule has 0 aliphatic carbocycles. The number of hydrogen-bond acceptors (Lipinski definition) is 6. The van der Waals surface area contributed by atoms with Crippen LogP contribution in [0.2, 0.25) is 0 Å². The first kappa shape index (κ1) is 18.5. The highest BCUT2D eigenvalue weighted by atomic mass is 32.2. The number of tetrazole rings is 1. The molecule has 0 amide bonds. The standard InChI is InChI=1S/C19H21N5O3S/c1-13-10-17(14(2)24(13)16-8-9-28(26,27)12-16)18(25)11-23-21-19(20-22-23)15-6-4-3-5-7-15/h3-7,10,16H,8-9,11-12H2,1-2H3. The summed E-state index contributed by atoms with van der Waals surface area (Å²) in [4.78, 5) is 14.1. The maximum atomic E-state index is 12.8. The molecule has 9 heteroatoms. The van der Waals surface area contributed by atoms with Crippen molar-refractivity contribution in [2.24, 2.45) is 0 Å².